The number of hydrogen-bond donors (Lipinski definition) is 0. The molecule has 0 heterocycles. The molecule has 0 bridgehead atoms. The van der Waals surface area contributed by atoms with Gasteiger partial charge in [-0.05, 0) is 163 Å². The third kappa shape index (κ3) is 20.0. The molecule has 0 saturated heterocycles. The Balaban J connectivity index is 1.10. The zero-order valence-corrected chi connectivity index (χ0v) is 46.2. The van der Waals surface area contributed by atoms with Crippen molar-refractivity contribution in [3.63, 3.8) is 0 Å². The molecule has 3 saturated carbocycles. The molecule has 390 valence electrons. The molecule has 5 nitrogen and oxygen atoms in total. The van der Waals surface area contributed by atoms with Crippen molar-refractivity contribution in [2.75, 3.05) is 20.6 Å². The van der Waals surface area contributed by atoms with E-state index in [0.717, 1.165) is 99.3 Å². The predicted molar refractivity (Wildman–Crippen MR) is 286 cm³/mol. The molecule has 0 aromatic carbocycles. The van der Waals surface area contributed by atoms with E-state index in [1.807, 2.05) is 0 Å². The summed E-state index contributed by atoms with van der Waals surface area (Å²) in [7, 11) is 4.38. The first kappa shape index (κ1) is 58.2. The van der Waals surface area contributed by atoms with Crippen molar-refractivity contribution in [3.05, 3.63) is 11.6 Å². The van der Waals surface area contributed by atoms with Crippen LogP contribution in [0.5, 0.6) is 0 Å². The van der Waals surface area contributed by atoms with Crippen LogP contribution in [0.3, 0.4) is 0 Å². The van der Waals surface area contributed by atoms with Crippen LogP contribution in [0, 0.1) is 52.3 Å². The number of unbranched alkanes of at least 4 members (excludes halogenated alkanes) is 15. The van der Waals surface area contributed by atoms with Crippen LogP contribution in [0.25, 0.3) is 0 Å². The van der Waals surface area contributed by atoms with Crippen molar-refractivity contribution in [1.29, 1.82) is 0 Å². The highest BCUT2D eigenvalue weighted by Crippen LogP contribution is 2.67. The molecule has 4 rings (SSSR count). The van der Waals surface area contributed by atoms with Crippen molar-refractivity contribution in [3.8, 4) is 0 Å². The van der Waals surface area contributed by atoms with Gasteiger partial charge in [0.05, 0.1) is 0 Å². The van der Waals surface area contributed by atoms with E-state index in [0.29, 0.717) is 23.7 Å². The Hall–Kier alpha value is -1.36. The van der Waals surface area contributed by atoms with Gasteiger partial charge in [-0.15, -0.1) is 0 Å². The average Bonchev–Trinajstić information content (AvgIpc) is 3.65. The van der Waals surface area contributed by atoms with Gasteiger partial charge in [-0.2, -0.15) is 0 Å². The fourth-order valence-electron chi connectivity index (χ4n) is 14.6. The highest BCUT2D eigenvalue weighted by molar-refractivity contribution is 5.69. The number of carbonyl (C=O) groups is 2. The minimum Gasteiger partial charge on any atom is -0.462 e. The molecular weight excluding hydrogens is 823 g/mol. The maximum absolute atomic E-state index is 13.2. The second-order valence-corrected chi connectivity index (χ2v) is 24.9. The van der Waals surface area contributed by atoms with Crippen LogP contribution in [-0.4, -0.2) is 49.7 Å². The van der Waals surface area contributed by atoms with E-state index in [1.165, 1.54) is 173 Å². The standard InChI is InChI=1S/C62H113NO4/c1-10-12-14-16-18-25-34-53(35-26-19-17-15-13-11-2)66-59(64)36-27-21-20-23-32-51(44-47-63(8)9)33-24-22-28-37-60(65)67-54-42-45-61(6)52(48-54)38-39-55-57-41-40-56(50(5)31-29-30-49(3)4)62(57,7)46-43-58(55)61/h38,49-51,53-58H,10-37,39-48H2,1-9H3. The van der Waals surface area contributed by atoms with E-state index < -0.39 is 0 Å². The van der Waals surface area contributed by atoms with Gasteiger partial charge in [0.25, 0.3) is 0 Å². The maximum Gasteiger partial charge on any atom is 0.306 e. The average molecular weight is 937 g/mol. The van der Waals surface area contributed by atoms with Crippen molar-refractivity contribution in [2.24, 2.45) is 52.3 Å². The van der Waals surface area contributed by atoms with Crippen LogP contribution in [0.15, 0.2) is 11.6 Å². The van der Waals surface area contributed by atoms with Crippen LogP contribution in [-0.2, 0) is 19.1 Å². The van der Waals surface area contributed by atoms with Gasteiger partial charge in [0.1, 0.15) is 12.2 Å². The Morgan fingerprint density at radius 1 is 0.627 bits per heavy atom. The summed E-state index contributed by atoms with van der Waals surface area (Å²) >= 11 is 0. The third-order valence-corrected chi connectivity index (χ3v) is 18.8. The maximum atomic E-state index is 13.2. The number of esters is 2. The monoisotopic (exact) mass is 936 g/mol. The second kappa shape index (κ2) is 31.9. The van der Waals surface area contributed by atoms with Gasteiger partial charge in [0.2, 0.25) is 0 Å². The van der Waals surface area contributed by atoms with Crippen molar-refractivity contribution in [1.82, 2.24) is 4.90 Å². The Kier molecular flexibility index (Phi) is 27.7. The van der Waals surface area contributed by atoms with Gasteiger partial charge < -0.3 is 14.4 Å². The number of fused-ring (bicyclic) bond motifs is 5. The van der Waals surface area contributed by atoms with E-state index in [2.05, 4.69) is 73.5 Å². The lowest BCUT2D eigenvalue weighted by Crippen LogP contribution is -2.51. The van der Waals surface area contributed by atoms with Crippen LogP contribution >= 0.6 is 0 Å². The summed E-state index contributed by atoms with van der Waals surface area (Å²) in [5.74, 6) is 5.96. The number of allylic oxidation sites excluding steroid dienone is 1. The molecule has 3 fully saturated rings. The summed E-state index contributed by atoms with van der Waals surface area (Å²) < 4.78 is 12.4. The predicted octanol–water partition coefficient (Wildman–Crippen LogP) is 18.2. The summed E-state index contributed by atoms with van der Waals surface area (Å²) in [6.07, 6.45) is 47.5. The summed E-state index contributed by atoms with van der Waals surface area (Å²) in [6, 6.07) is 0. The quantitative estimate of drug-likeness (QED) is 0.0353. The molecule has 0 N–H and O–H groups in total. The lowest BCUT2D eigenvalue weighted by molar-refractivity contribution is -0.152. The molecule has 0 spiro atoms. The largest absolute Gasteiger partial charge is 0.462 e. The third-order valence-electron chi connectivity index (χ3n) is 18.8. The summed E-state index contributed by atoms with van der Waals surface area (Å²) in [5.41, 5.74) is 2.46. The highest BCUT2D eigenvalue weighted by atomic mass is 16.5. The fourth-order valence-corrected chi connectivity index (χ4v) is 14.6. The molecule has 67 heavy (non-hydrogen) atoms. The van der Waals surface area contributed by atoms with E-state index in [-0.39, 0.29) is 24.1 Å². The van der Waals surface area contributed by atoms with Crippen molar-refractivity contribution >= 4 is 11.9 Å². The molecule has 5 heteroatoms. The SMILES string of the molecule is CCCCCCCCC(CCCCCCCC)OC(=O)CCCCCCC(CCCCCC(=O)OC1CCC2(C)C(=CCC3C2CCC2(C)C(C(C)CCCC(C)C)CCC32)C1)CCN(C)C. The number of hydrogen-bond acceptors (Lipinski definition) is 5. The van der Waals surface area contributed by atoms with Crippen molar-refractivity contribution < 1.29 is 19.1 Å². The summed E-state index contributed by atoms with van der Waals surface area (Å²) in [4.78, 5) is 28.5. The first-order chi connectivity index (χ1) is 32.3. The van der Waals surface area contributed by atoms with Crippen molar-refractivity contribution in [2.45, 2.75) is 298 Å². The van der Waals surface area contributed by atoms with Gasteiger partial charge in [0.15, 0.2) is 0 Å². The van der Waals surface area contributed by atoms with Gasteiger partial charge >= 0.3 is 11.9 Å². The minimum absolute atomic E-state index is 0.0370. The van der Waals surface area contributed by atoms with Gasteiger partial charge in [-0.3, -0.25) is 9.59 Å². The van der Waals surface area contributed by atoms with E-state index >= 15 is 0 Å². The lowest BCUT2D eigenvalue weighted by Gasteiger charge is -2.58. The molecule has 0 aromatic rings. The van der Waals surface area contributed by atoms with Gasteiger partial charge in [0, 0.05) is 19.3 Å². The Morgan fingerprint density at radius 2 is 1.21 bits per heavy atom. The Labute approximate surface area is 417 Å². The molecule has 0 aromatic heterocycles. The summed E-state index contributed by atoms with van der Waals surface area (Å²) in [6.45, 7) is 18.3. The minimum atomic E-state index is 0.0370. The number of carbonyl (C=O) groups excluding carboxylic acids is 2. The topological polar surface area (TPSA) is 55.8 Å². The van der Waals surface area contributed by atoms with Crippen LogP contribution in [0.4, 0.5) is 0 Å². The van der Waals surface area contributed by atoms with Gasteiger partial charge in [-0.1, -0.05) is 189 Å². The molecule has 9 unspecified atom stereocenters. The number of ether oxygens (including phenoxy) is 2. The molecule has 0 radical (unpaired) electrons. The number of rotatable bonds is 37. The second-order valence-electron chi connectivity index (χ2n) is 24.9. The number of nitrogens with zero attached hydrogens (tertiary/aromatic N) is 1. The Morgan fingerprint density at radius 3 is 1.84 bits per heavy atom. The Bertz CT molecular complexity index is 1360. The first-order valence-corrected chi connectivity index (χ1v) is 30.0. The highest BCUT2D eigenvalue weighted by Gasteiger charge is 2.59. The van der Waals surface area contributed by atoms with Crippen LogP contribution < -0.4 is 0 Å². The van der Waals surface area contributed by atoms with E-state index in [1.54, 1.807) is 5.57 Å². The lowest BCUT2D eigenvalue weighted by atomic mass is 9.47. The molecule has 0 aliphatic heterocycles. The normalized spacial score (nSPS) is 26.9. The smallest absolute Gasteiger partial charge is 0.306 e. The van der Waals surface area contributed by atoms with E-state index in [4.69, 9.17) is 9.47 Å². The van der Waals surface area contributed by atoms with Gasteiger partial charge in [-0.25, -0.2) is 0 Å². The molecule has 0 amide bonds. The fraction of sp³-hybridized carbons (Fsp3) is 0.935. The summed E-state index contributed by atoms with van der Waals surface area (Å²) in [5, 5.41) is 0. The molecule has 9 atom stereocenters. The molecule has 4 aliphatic carbocycles. The van der Waals surface area contributed by atoms with E-state index in [9.17, 15) is 9.59 Å². The first-order valence-electron chi connectivity index (χ1n) is 30.0. The van der Waals surface area contributed by atoms with Crippen LogP contribution in [0.2, 0.25) is 0 Å². The zero-order valence-electron chi connectivity index (χ0n) is 46.2. The zero-order chi connectivity index (χ0) is 48.5. The molecule has 4 aliphatic rings. The molecular formula is C62H113NO4. The van der Waals surface area contributed by atoms with Crippen LogP contribution in [0.1, 0.15) is 286 Å².